The predicted molar refractivity (Wildman–Crippen MR) is 103 cm³/mol. The number of hydrogen-bond donors (Lipinski definition) is 7. The molecule has 3 rings (SSSR count). The van der Waals surface area contributed by atoms with Gasteiger partial charge in [0.1, 0.15) is 6.54 Å². The third kappa shape index (κ3) is 6.70. The van der Waals surface area contributed by atoms with Crippen LogP contribution in [-0.4, -0.2) is 69.6 Å². The zero-order chi connectivity index (χ0) is 21.6. The van der Waals surface area contributed by atoms with Crippen LogP contribution in [0.1, 0.15) is 11.1 Å². The van der Waals surface area contributed by atoms with E-state index < -0.39 is 10.4 Å². The van der Waals surface area contributed by atoms with E-state index in [1.54, 1.807) is 18.9 Å². The van der Waals surface area contributed by atoms with Gasteiger partial charge in [0.2, 0.25) is 0 Å². The number of aromatic amines is 1. The van der Waals surface area contributed by atoms with E-state index >= 15 is 0 Å². The van der Waals surface area contributed by atoms with Crippen molar-refractivity contribution < 1.29 is 32.5 Å². The van der Waals surface area contributed by atoms with Crippen molar-refractivity contribution >= 4 is 33.2 Å². The molecule has 13 heteroatoms. The lowest BCUT2D eigenvalue weighted by Crippen LogP contribution is -2.29. The van der Waals surface area contributed by atoms with Gasteiger partial charge in [0.25, 0.3) is 5.91 Å². The van der Waals surface area contributed by atoms with E-state index in [0.29, 0.717) is 24.6 Å². The molecule has 0 fully saturated rings. The molecule has 0 atom stereocenters. The molecule has 0 unspecified atom stereocenters. The summed E-state index contributed by atoms with van der Waals surface area (Å²) in [6.07, 6.45) is 2.62. The Morgan fingerprint density at radius 1 is 1.32 bits per heavy atom. The summed E-state index contributed by atoms with van der Waals surface area (Å²) in [6, 6.07) is 1.53. The normalized spacial score (nSPS) is 13.5. The third-order valence-electron chi connectivity index (χ3n) is 3.66. The van der Waals surface area contributed by atoms with E-state index in [0.717, 1.165) is 22.9 Å². The minimum Gasteiger partial charge on any atom is -0.504 e. The Morgan fingerprint density at radius 2 is 1.89 bits per heavy atom. The standard InChI is InChI=1S/C11H14N2O2.C4H7N3O.H2O4S/c1-6-10-7(2-3-12)5-13-8(10)4-9(14)11(6)15;1-7-2-3(8)6-4(7)5;1-5(2,3)4/h4-5,13-15H,2-3,12H2,1H3;2H2,1H3,(H2,5,6,8);(H2,1,2,3,4). The van der Waals surface area contributed by atoms with E-state index in [1.807, 2.05) is 6.20 Å². The number of aliphatic imine (C=N–C) groups is 1. The van der Waals surface area contributed by atoms with E-state index in [2.05, 4.69) is 9.98 Å². The van der Waals surface area contributed by atoms with Crippen LogP contribution in [0.25, 0.3) is 10.9 Å². The summed E-state index contributed by atoms with van der Waals surface area (Å²) in [7, 11) is -2.94. The molecule has 0 radical (unpaired) electrons. The van der Waals surface area contributed by atoms with Crippen molar-refractivity contribution in [2.75, 3.05) is 20.1 Å². The molecule has 0 saturated heterocycles. The summed E-state index contributed by atoms with van der Waals surface area (Å²) in [6.45, 7) is 2.67. The van der Waals surface area contributed by atoms with Crippen molar-refractivity contribution in [2.45, 2.75) is 13.3 Å². The third-order valence-corrected chi connectivity index (χ3v) is 3.66. The molecule has 1 aromatic carbocycles. The van der Waals surface area contributed by atoms with Gasteiger partial charge in [-0.15, -0.1) is 0 Å². The molecule has 0 aliphatic carbocycles. The maximum Gasteiger partial charge on any atom is 0.394 e. The zero-order valence-corrected chi connectivity index (χ0v) is 16.1. The first-order valence-corrected chi connectivity index (χ1v) is 9.24. The molecule has 9 N–H and O–H groups in total. The first kappa shape index (κ1) is 23.2. The predicted octanol–water partition coefficient (Wildman–Crippen LogP) is -0.491. The van der Waals surface area contributed by atoms with Gasteiger partial charge >= 0.3 is 10.4 Å². The van der Waals surface area contributed by atoms with Gasteiger partial charge in [-0.05, 0) is 25.5 Å². The zero-order valence-electron chi connectivity index (χ0n) is 15.2. The molecule has 156 valence electrons. The molecule has 2 aromatic rings. The quantitative estimate of drug-likeness (QED) is 0.246. The van der Waals surface area contributed by atoms with Gasteiger partial charge in [0, 0.05) is 35.8 Å². The molecule has 0 bridgehead atoms. The minimum absolute atomic E-state index is 0.0552. The highest BCUT2D eigenvalue weighted by Gasteiger charge is 2.15. The molecular weight excluding hydrogens is 394 g/mol. The molecule has 0 spiro atoms. The van der Waals surface area contributed by atoms with Gasteiger partial charge in [0.05, 0.1) is 0 Å². The highest BCUT2D eigenvalue weighted by Crippen LogP contribution is 2.36. The van der Waals surface area contributed by atoms with Gasteiger partial charge in [0.15, 0.2) is 17.5 Å². The van der Waals surface area contributed by atoms with Crippen LogP contribution in [0.5, 0.6) is 11.5 Å². The number of rotatable bonds is 2. The van der Waals surface area contributed by atoms with Gasteiger partial charge in [-0.3, -0.25) is 13.9 Å². The molecular formula is C15H23N5O7S. The molecule has 12 nitrogen and oxygen atoms in total. The number of aryl methyl sites for hydroxylation is 1. The van der Waals surface area contributed by atoms with Crippen molar-refractivity contribution in [3.63, 3.8) is 0 Å². The van der Waals surface area contributed by atoms with Crippen LogP contribution in [0, 0.1) is 6.92 Å². The maximum atomic E-state index is 10.4. The number of guanidine groups is 1. The molecule has 1 aliphatic heterocycles. The number of benzene rings is 1. The molecule has 28 heavy (non-hydrogen) atoms. The lowest BCUT2D eigenvalue weighted by molar-refractivity contribution is -0.116. The number of carbonyl (C=O) groups excluding carboxylic acids is 1. The highest BCUT2D eigenvalue weighted by atomic mass is 32.3. The number of H-pyrrole nitrogens is 1. The monoisotopic (exact) mass is 417 g/mol. The van der Waals surface area contributed by atoms with Gasteiger partial charge in [-0.1, -0.05) is 0 Å². The number of likely N-dealkylation sites (N-methyl/N-ethyl adjacent to an activating group) is 1. The fourth-order valence-electron chi connectivity index (χ4n) is 2.44. The fraction of sp³-hybridized carbons (Fsp3) is 0.333. The number of aromatic nitrogens is 1. The van der Waals surface area contributed by atoms with Gasteiger partial charge < -0.3 is 31.6 Å². The van der Waals surface area contributed by atoms with Crippen LogP contribution < -0.4 is 11.5 Å². The fourth-order valence-corrected chi connectivity index (χ4v) is 2.44. The van der Waals surface area contributed by atoms with E-state index in [1.165, 1.54) is 6.07 Å². The van der Waals surface area contributed by atoms with E-state index in [4.69, 9.17) is 29.0 Å². The van der Waals surface area contributed by atoms with Crippen LogP contribution in [0.2, 0.25) is 0 Å². The summed E-state index contributed by atoms with van der Waals surface area (Å²) in [5, 5.41) is 20.0. The highest BCUT2D eigenvalue weighted by molar-refractivity contribution is 7.79. The van der Waals surface area contributed by atoms with Gasteiger partial charge in [-0.2, -0.15) is 13.4 Å². The van der Waals surface area contributed by atoms with E-state index in [9.17, 15) is 15.0 Å². The summed E-state index contributed by atoms with van der Waals surface area (Å²) >= 11 is 0. The maximum absolute atomic E-state index is 10.4. The average molecular weight is 417 g/mol. The molecule has 2 heterocycles. The second-order valence-electron chi connectivity index (χ2n) is 5.81. The van der Waals surface area contributed by atoms with Crippen LogP contribution in [0.4, 0.5) is 0 Å². The molecule has 1 amide bonds. The SMILES string of the molecule is CN1CC(=O)N=C1N.Cc1c(O)c(O)cc2[nH]cc(CCN)c12.O=S(=O)(O)O. The van der Waals surface area contributed by atoms with Crippen LogP contribution in [-0.2, 0) is 21.6 Å². The van der Waals surface area contributed by atoms with Crippen LogP contribution >= 0.6 is 0 Å². The van der Waals surface area contributed by atoms with Crippen molar-refractivity contribution in [1.29, 1.82) is 0 Å². The number of aromatic hydroxyl groups is 2. The Morgan fingerprint density at radius 3 is 2.29 bits per heavy atom. The summed E-state index contributed by atoms with van der Waals surface area (Å²) in [4.78, 5) is 18.5. The Hall–Kier alpha value is -2.87. The number of carbonyl (C=O) groups is 1. The first-order valence-electron chi connectivity index (χ1n) is 7.84. The number of hydrogen-bond acceptors (Lipinski definition) is 8. The summed E-state index contributed by atoms with van der Waals surface area (Å²) in [5.74, 6) is 0.00141. The molecule has 0 saturated carbocycles. The van der Waals surface area contributed by atoms with Crippen molar-refractivity contribution in [3.8, 4) is 11.5 Å². The smallest absolute Gasteiger partial charge is 0.394 e. The topological polar surface area (TPSA) is 216 Å². The Kier molecular flexibility index (Phi) is 7.75. The summed E-state index contributed by atoms with van der Waals surface area (Å²) in [5.41, 5.74) is 13.3. The van der Waals surface area contributed by atoms with Crippen LogP contribution in [0.15, 0.2) is 17.3 Å². The number of phenolic OH excluding ortho intramolecular Hbond substituents is 2. The number of fused-ring (bicyclic) bond motifs is 1. The lowest BCUT2D eigenvalue weighted by atomic mass is 10.0. The lowest BCUT2D eigenvalue weighted by Gasteiger charge is -2.05. The number of amides is 1. The largest absolute Gasteiger partial charge is 0.504 e. The minimum atomic E-state index is -4.67. The van der Waals surface area contributed by atoms with Crippen molar-refractivity contribution in [3.05, 3.63) is 23.4 Å². The second-order valence-corrected chi connectivity index (χ2v) is 6.71. The average Bonchev–Trinajstić information content (AvgIpc) is 3.07. The number of nitrogens with zero attached hydrogens (tertiary/aromatic N) is 2. The van der Waals surface area contributed by atoms with Crippen molar-refractivity contribution in [2.24, 2.45) is 16.5 Å². The van der Waals surface area contributed by atoms with Crippen LogP contribution in [0.3, 0.4) is 0 Å². The molecule has 1 aliphatic rings. The number of nitrogens with one attached hydrogen (secondary N) is 1. The second kappa shape index (κ2) is 9.36. The Balaban J connectivity index is 0.000000253. The molecule has 1 aromatic heterocycles. The summed E-state index contributed by atoms with van der Waals surface area (Å²) < 4.78 is 31.6. The van der Waals surface area contributed by atoms with Crippen molar-refractivity contribution in [1.82, 2.24) is 9.88 Å². The van der Waals surface area contributed by atoms with E-state index in [-0.39, 0.29) is 17.4 Å². The van der Waals surface area contributed by atoms with Gasteiger partial charge in [-0.25, -0.2) is 0 Å². The Labute approximate surface area is 161 Å². The Bertz CT molecular complexity index is 976. The number of phenols is 2. The first-order chi connectivity index (χ1) is 12.8. The number of nitrogens with two attached hydrogens (primary N) is 2.